The Balaban J connectivity index is 2.22. The molecule has 0 saturated heterocycles. The van der Waals surface area contributed by atoms with Crippen LogP contribution in [0.3, 0.4) is 0 Å². The molecule has 1 unspecified atom stereocenters. The molecule has 1 aliphatic carbocycles. The molecule has 1 atom stereocenters. The second-order valence-electron chi connectivity index (χ2n) is 5.93. The van der Waals surface area contributed by atoms with Crippen LogP contribution >= 0.6 is 11.6 Å². The van der Waals surface area contributed by atoms with Crippen molar-refractivity contribution in [3.8, 4) is 0 Å². The van der Waals surface area contributed by atoms with E-state index in [1.165, 1.54) is 6.20 Å². The summed E-state index contributed by atoms with van der Waals surface area (Å²) in [6, 6.07) is 0. The Labute approximate surface area is 124 Å². The van der Waals surface area contributed by atoms with E-state index in [1.807, 2.05) is 20.8 Å². The van der Waals surface area contributed by atoms with Crippen molar-refractivity contribution in [1.29, 1.82) is 0 Å². The van der Waals surface area contributed by atoms with E-state index >= 15 is 0 Å². The number of carbonyl (C=O) groups excluding carboxylic acids is 1. The maximum atomic E-state index is 12.4. The Hall–Kier alpha value is -1.20. The Morgan fingerprint density at radius 2 is 2.25 bits per heavy atom. The van der Waals surface area contributed by atoms with Gasteiger partial charge in [0.25, 0.3) is 5.91 Å². The normalized spacial score (nSPS) is 17.9. The van der Waals surface area contributed by atoms with Crippen LogP contribution in [0, 0.1) is 5.92 Å². The maximum absolute atomic E-state index is 12.4. The Morgan fingerprint density at radius 3 is 2.75 bits per heavy atom. The van der Waals surface area contributed by atoms with Crippen molar-refractivity contribution in [2.75, 3.05) is 6.54 Å². The molecule has 0 bridgehead atoms. The van der Waals surface area contributed by atoms with E-state index in [1.54, 1.807) is 0 Å². The van der Waals surface area contributed by atoms with E-state index in [4.69, 9.17) is 17.3 Å². The third-order valence-corrected chi connectivity index (χ3v) is 4.07. The lowest BCUT2D eigenvalue weighted by Gasteiger charge is -2.29. The predicted molar refractivity (Wildman–Crippen MR) is 78.8 cm³/mol. The first-order valence-corrected chi connectivity index (χ1v) is 7.30. The lowest BCUT2D eigenvalue weighted by molar-refractivity contribution is 0.0892. The molecule has 1 saturated carbocycles. The van der Waals surface area contributed by atoms with Crippen molar-refractivity contribution < 1.29 is 4.79 Å². The van der Waals surface area contributed by atoms with Crippen LogP contribution in [0.2, 0.25) is 5.02 Å². The summed E-state index contributed by atoms with van der Waals surface area (Å²) >= 11 is 6.05. The number of nitrogens with two attached hydrogens (primary N) is 1. The predicted octanol–water partition coefficient (Wildman–Crippen LogP) is 2.11. The number of carbonyl (C=O) groups is 1. The molecule has 1 heterocycles. The summed E-state index contributed by atoms with van der Waals surface area (Å²) < 4.78 is 0. The van der Waals surface area contributed by atoms with Gasteiger partial charge in [0.05, 0.1) is 16.8 Å². The van der Waals surface area contributed by atoms with E-state index in [9.17, 15) is 4.79 Å². The van der Waals surface area contributed by atoms with Gasteiger partial charge in [0.1, 0.15) is 11.5 Å². The number of nitrogens with zero attached hydrogens (tertiary/aromatic N) is 2. The Bertz CT molecular complexity index is 516. The van der Waals surface area contributed by atoms with Crippen LogP contribution in [0.4, 0.5) is 0 Å². The first-order valence-electron chi connectivity index (χ1n) is 6.92. The van der Waals surface area contributed by atoms with Crippen LogP contribution in [0.15, 0.2) is 6.20 Å². The highest BCUT2D eigenvalue weighted by atomic mass is 35.5. The van der Waals surface area contributed by atoms with Gasteiger partial charge in [-0.05, 0) is 25.7 Å². The van der Waals surface area contributed by atoms with Gasteiger partial charge in [-0.2, -0.15) is 0 Å². The van der Waals surface area contributed by atoms with Gasteiger partial charge in [-0.3, -0.25) is 4.79 Å². The third-order valence-electron chi connectivity index (χ3n) is 3.80. The highest BCUT2D eigenvalue weighted by Crippen LogP contribution is 2.39. The van der Waals surface area contributed by atoms with E-state index in [-0.39, 0.29) is 28.1 Å². The lowest BCUT2D eigenvalue weighted by Crippen LogP contribution is -2.53. The quantitative estimate of drug-likeness (QED) is 0.872. The molecule has 0 aromatic carbocycles. The molecule has 2 rings (SSSR count). The number of hydrogen-bond donors (Lipinski definition) is 2. The molecule has 0 aliphatic heterocycles. The minimum absolute atomic E-state index is 0.142. The van der Waals surface area contributed by atoms with Crippen LogP contribution in [0.25, 0.3) is 0 Å². The van der Waals surface area contributed by atoms with Gasteiger partial charge >= 0.3 is 0 Å². The monoisotopic (exact) mass is 296 g/mol. The number of nitrogens with one attached hydrogen (secondary N) is 1. The fraction of sp³-hybridized carbons (Fsp3) is 0.643. The molecule has 3 N–H and O–H groups in total. The van der Waals surface area contributed by atoms with Gasteiger partial charge in [-0.25, -0.2) is 9.97 Å². The molecule has 1 aromatic rings. The minimum atomic E-state index is -0.386. The average molecular weight is 297 g/mol. The van der Waals surface area contributed by atoms with Crippen LogP contribution in [0.1, 0.15) is 55.8 Å². The molecule has 5 nitrogen and oxygen atoms in total. The lowest BCUT2D eigenvalue weighted by atomic mass is 9.96. The highest BCUT2D eigenvalue weighted by molar-refractivity contribution is 6.33. The summed E-state index contributed by atoms with van der Waals surface area (Å²) in [7, 11) is 0. The fourth-order valence-electron chi connectivity index (χ4n) is 2.18. The molecule has 1 amide bonds. The van der Waals surface area contributed by atoms with Crippen molar-refractivity contribution in [1.82, 2.24) is 15.3 Å². The number of halogens is 1. The topological polar surface area (TPSA) is 80.9 Å². The summed E-state index contributed by atoms with van der Waals surface area (Å²) in [6.07, 6.45) is 3.68. The van der Waals surface area contributed by atoms with Crippen molar-refractivity contribution in [3.63, 3.8) is 0 Å². The van der Waals surface area contributed by atoms with Crippen LogP contribution in [-0.4, -0.2) is 28.0 Å². The molecule has 110 valence electrons. The summed E-state index contributed by atoms with van der Waals surface area (Å²) in [5.41, 5.74) is 5.65. The molecule has 1 fully saturated rings. The molecule has 20 heavy (non-hydrogen) atoms. The summed E-state index contributed by atoms with van der Waals surface area (Å²) in [4.78, 5) is 20.8. The van der Waals surface area contributed by atoms with Crippen LogP contribution in [0.5, 0.6) is 0 Å². The zero-order chi connectivity index (χ0) is 14.9. The number of amides is 1. The van der Waals surface area contributed by atoms with Crippen molar-refractivity contribution in [3.05, 3.63) is 22.7 Å². The number of rotatable bonds is 5. The van der Waals surface area contributed by atoms with Gasteiger partial charge in [0, 0.05) is 12.5 Å². The molecule has 0 radical (unpaired) electrons. The summed E-state index contributed by atoms with van der Waals surface area (Å²) in [6.45, 7) is 6.32. The maximum Gasteiger partial charge on any atom is 0.272 e. The molecule has 1 aliphatic rings. The summed E-state index contributed by atoms with van der Waals surface area (Å²) in [5.74, 6) is 0.921. The van der Waals surface area contributed by atoms with Gasteiger partial charge in [-0.15, -0.1) is 0 Å². The second-order valence-corrected chi connectivity index (χ2v) is 6.34. The van der Waals surface area contributed by atoms with Crippen LogP contribution in [-0.2, 0) is 0 Å². The Kier molecular flexibility index (Phi) is 4.30. The smallest absolute Gasteiger partial charge is 0.272 e. The average Bonchev–Trinajstić information content (AvgIpc) is 3.23. The van der Waals surface area contributed by atoms with E-state index < -0.39 is 0 Å². The van der Waals surface area contributed by atoms with Gasteiger partial charge < -0.3 is 11.1 Å². The molecule has 0 spiro atoms. The number of hydrogen-bond acceptors (Lipinski definition) is 4. The molecular formula is C14H21ClN4O. The minimum Gasteiger partial charge on any atom is -0.344 e. The Morgan fingerprint density at radius 1 is 1.60 bits per heavy atom. The molecule has 6 heteroatoms. The largest absolute Gasteiger partial charge is 0.344 e. The highest BCUT2D eigenvalue weighted by Gasteiger charge is 2.42. The second kappa shape index (κ2) is 5.66. The molecular weight excluding hydrogens is 276 g/mol. The van der Waals surface area contributed by atoms with Gasteiger partial charge in [0.2, 0.25) is 0 Å². The van der Waals surface area contributed by atoms with E-state index in [0.717, 1.165) is 12.8 Å². The van der Waals surface area contributed by atoms with Crippen molar-refractivity contribution >= 4 is 17.5 Å². The first-order chi connectivity index (χ1) is 9.37. The van der Waals surface area contributed by atoms with Gasteiger partial charge in [0.15, 0.2) is 0 Å². The van der Waals surface area contributed by atoms with Crippen LogP contribution < -0.4 is 11.1 Å². The van der Waals surface area contributed by atoms with Crippen molar-refractivity contribution in [2.24, 2.45) is 11.7 Å². The standard InChI is InChI=1S/C14H21ClN4O/c1-8(2)12-17-6-10(15)11(18-12)13(20)19-14(3,7-16)9-4-5-9/h6,8-9H,4-5,7,16H2,1-3H3,(H,19,20). The first kappa shape index (κ1) is 15.2. The van der Waals surface area contributed by atoms with E-state index in [2.05, 4.69) is 15.3 Å². The zero-order valence-corrected chi connectivity index (χ0v) is 12.9. The number of aromatic nitrogens is 2. The fourth-order valence-corrected chi connectivity index (χ4v) is 2.35. The van der Waals surface area contributed by atoms with E-state index in [0.29, 0.717) is 18.3 Å². The SMILES string of the molecule is CC(C)c1ncc(Cl)c(C(=O)NC(C)(CN)C2CC2)n1. The molecule has 1 aromatic heterocycles. The zero-order valence-electron chi connectivity index (χ0n) is 12.1. The van der Waals surface area contributed by atoms with Crippen molar-refractivity contribution in [2.45, 2.75) is 45.1 Å². The van der Waals surface area contributed by atoms with Gasteiger partial charge in [-0.1, -0.05) is 25.4 Å². The summed E-state index contributed by atoms with van der Waals surface area (Å²) in [5, 5.41) is 3.26. The third kappa shape index (κ3) is 3.10.